The fourth-order valence-corrected chi connectivity index (χ4v) is 14.6. The Bertz CT molecular complexity index is 3090. The van der Waals surface area contributed by atoms with Gasteiger partial charge in [-0.05, 0) is 79.9 Å². The van der Waals surface area contributed by atoms with E-state index in [4.69, 9.17) is 9.39 Å². The van der Waals surface area contributed by atoms with Crippen LogP contribution in [0.3, 0.4) is 0 Å². The molecular weight excluding hydrogens is 733 g/mol. The molecule has 5 heteroatoms. The first kappa shape index (κ1) is 33.8. The van der Waals surface area contributed by atoms with Crippen LogP contribution in [0.15, 0.2) is 218 Å². The first-order valence-electron chi connectivity index (χ1n) is 20.3. The molecule has 276 valence electrons. The summed E-state index contributed by atoms with van der Waals surface area (Å²) in [4.78, 5) is 0. The zero-order valence-corrected chi connectivity index (χ0v) is 33.1. The van der Waals surface area contributed by atoms with Gasteiger partial charge in [0.25, 0.3) is 0 Å². The summed E-state index contributed by atoms with van der Waals surface area (Å²) < 4.78 is 16.2. The summed E-state index contributed by atoms with van der Waals surface area (Å²) in [6.45, 7) is -0.332. The van der Waals surface area contributed by atoms with E-state index in [2.05, 4.69) is 223 Å². The number of aromatic nitrogens is 1. The van der Waals surface area contributed by atoms with Gasteiger partial charge < -0.3 is 14.0 Å². The van der Waals surface area contributed by atoms with Gasteiger partial charge in [-0.15, -0.1) is 0 Å². The lowest BCUT2D eigenvalue weighted by Crippen LogP contribution is -2.74. The molecule has 0 N–H and O–H groups in total. The molecule has 0 saturated heterocycles. The third-order valence-corrected chi connectivity index (χ3v) is 17.2. The highest BCUT2D eigenvalue weighted by molar-refractivity contribution is 7.19. The van der Waals surface area contributed by atoms with Crippen LogP contribution in [0, 0.1) is 0 Å². The summed E-state index contributed by atoms with van der Waals surface area (Å²) in [5.74, 6) is 2.53. The van der Waals surface area contributed by atoms with Gasteiger partial charge in [0.1, 0.15) is 17.2 Å². The Labute approximate surface area is 344 Å². The Morgan fingerprint density at radius 1 is 0.390 bits per heavy atom. The van der Waals surface area contributed by atoms with Crippen LogP contribution in [0.4, 0.5) is 0 Å². The largest absolute Gasteiger partial charge is 0.551 e. The molecule has 0 aliphatic carbocycles. The first-order chi connectivity index (χ1) is 29.3. The second-order valence-electron chi connectivity index (χ2n) is 15.5. The van der Waals surface area contributed by atoms with Gasteiger partial charge in [0.2, 0.25) is 0 Å². The minimum absolute atomic E-state index is 0.332. The summed E-state index contributed by atoms with van der Waals surface area (Å²) in [7, 11) is -2.71. The SMILES string of the molecule is c1ccc([Si](c2ccccc2)(c2ccccc2)c2cccc(-c3ccc4c(c3)OB3c5cc(-n6c7ccccc7c7ccccc76)ccc5Oc5cccc-4c53)c2)cc1. The fourth-order valence-electron chi connectivity index (χ4n) is 9.85. The van der Waals surface area contributed by atoms with E-state index < -0.39 is 8.07 Å². The van der Waals surface area contributed by atoms with Gasteiger partial charge in [0, 0.05) is 32.9 Å². The third kappa shape index (κ3) is 5.15. The topological polar surface area (TPSA) is 23.4 Å². The monoisotopic (exact) mass is 769 g/mol. The van der Waals surface area contributed by atoms with Crippen LogP contribution in [-0.2, 0) is 0 Å². The number of benzene rings is 9. The van der Waals surface area contributed by atoms with E-state index >= 15 is 0 Å². The first-order valence-corrected chi connectivity index (χ1v) is 22.3. The van der Waals surface area contributed by atoms with Crippen molar-refractivity contribution in [3.63, 3.8) is 0 Å². The smallest absolute Gasteiger partial charge is 0.434 e. The Morgan fingerprint density at radius 2 is 0.966 bits per heavy atom. The molecule has 0 spiro atoms. The summed E-state index contributed by atoms with van der Waals surface area (Å²) in [6, 6.07) is 79.4. The van der Waals surface area contributed by atoms with E-state index in [1.165, 1.54) is 42.6 Å². The molecule has 0 unspecified atom stereocenters. The summed E-state index contributed by atoms with van der Waals surface area (Å²) >= 11 is 0. The van der Waals surface area contributed by atoms with E-state index in [1.54, 1.807) is 0 Å². The maximum atomic E-state index is 7.20. The number of rotatable bonds is 6. The Hall–Kier alpha value is -7.34. The standard InChI is InChI=1S/C54H36BNO2Si/c1-4-17-40(18-5-1)59(41-19-6-2-7-20-41,42-21-8-3-9-22-42)43-23-14-16-37(34-43)38-30-32-46-47-26-15-29-52-54(47)55(58-53(46)35-38)48-36-39(31-33-51(48)57-52)56-49-27-12-10-24-44(49)45-25-11-13-28-50(45)56/h1-36H. The molecule has 0 amide bonds. The molecule has 0 fully saturated rings. The van der Waals surface area contributed by atoms with Gasteiger partial charge >= 0.3 is 6.92 Å². The maximum absolute atomic E-state index is 7.20. The number of nitrogens with zero attached hydrogens (tertiary/aromatic N) is 1. The molecule has 3 nitrogen and oxygen atoms in total. The van der Waals surface area contributed by atoms with Gasteiger partial charge in [-0.3, -0.25) is 0 Å². The number of hydrogen-bond acceptors (Lipinski definition) is 2. The molecule has 2 aliphatic rings. The molecule has 0 bridgehead atoms. The highest BCUT2D eigenvalue weighted by atomic mass is 28.3. The number of fused-ring (bicyclic) bond motifs is 7. The predicted molar refractivity (Wildman–Crippen MR) is 247 cm³/mol. The van der Waals surface area contributed by atoms with Crippen molar-refractivity contribution in [2.45, 2.75) is 0 Å². The molecule has 10 aromatic rings. The lowest BCUT2D eigenvalue weighted by molar-refractivity contribution is 0.479. The van der Waals surface area contributed by atoms with Crippen molar-refractivity contribution in [3.8, 4) is 45.2 Å². The van der Waals surface area contributed by atoms with Crippen molar-refractivity contribution in [2.24, 2.45) is 0 Å². The van der Waals surface area contributed by atoms with Crippen molar-refractivity contribution in [1.29, 1.82) is 0 Å². The zero-order valence-electron chi connectivity index (χ0n) is 32.1. The molecular formula is C54H36BNO2Si. The van der Waals surface area contributed by atoms with E-state index in [0.717, 1.165) is 56.1 Å². The molecule has 59 heavy (non-hydrogen) atoms. The van der Waals surface area contributed by atoms with Crippen LogP contribution >= 0.6 is 0 Å². The highest BCUT2D eigenvalue weighted by Gasteiger charge is 2.43. The van der Waals surface area contributed by atoms with Crippen LogP contribution in [0.5, 0.6) is 17.2 Å². The van der Waals surface area contributed by atoms with Crippen LogP contribution in [0.2, 0.25) is 0 Å². The van der Waals surface area contributed by atoms with Crippen molar-refractivity contribution >= 4 is 68.5 Å². The van der Waals surface area contributed by atoms with Crippen molar-refractivity contribution < 1.29 is 9.39 Å². The van der Waals surface area contributed by atoms with Crippen molar-refractivity contribution in [2.75, 3.05) is 0 Å². The summed E-state index contributed by atoms with van der Waals surface area (Å²) in [6.07, 6.45) is 0. The summed E-state index contributed by atoms with van der Waals surface area (Å²) in [5, 5.41) is 7.88. The second-order valence-corrected chi connectivity index (χ2v) is 19.4. The average Bonchev–Trinajstić information content (AvgIpc) is 3.65. The lowest BCUT2D eigenvalue weighted by Gasteiger charge is -2.35. The normalized spacial score (nSPS) is 12.6. The minimum Gasteiger partial charge on any atom is -0.551 e. The predicted octanol–water partition coefficient (Wildman–Crippen LogP) is 9.10. The third-order valence-electron chi connectivity index (χ3n) is 12.4. The molecule has 1 aromatic heterocycles. The fraction of sp³-hybridized carbons (Fsp3) is 0. The van der Waals surface area contributed by atoms with Crippen molar-refractivity contribution in [1.82, 2.24) is 4.57 Å². The van der Waals surface area contributed by atoms with Gasteiger partial charge in [-0.25, -0.2) is 0 Å². The summed E-state index contributed by atoms with van der Waals surface area (Å²) in [5.41, 5.74) is 10.0. The molecule has 2 aliphatic heterocycles. The van der Waals surface area contributed by atoms with Gasteiger partial charge in [-0.2, -0.15) is 0 Å². The Morgan fingerprint density at radius 3 is 1.63 bits per heavy atom. The Kier molecular flexibility index (Phi) is 7.65. The average molecular weight is 770 g/mol. The number of ether oxygens (including phenoxy) is 1. The highest BCUT2D eigenvalue weighted by Crippen LogP contribution is 2.41. The van der Waals surface area contributed by atoms with E-state index in [-0.39, 0.29) is 6.92 Å². The Balaban J connectivity index is 0.997. The molecule has 12 rings (SSSR count). The lowest BCUT2D eigenvalue weighted by atomic mass is 9.51. The van der Waals surface area contributed by atoms with Crippen LogP contribution in [0.1, 0.15) is 0 Å². The van der Waals surface area contributed by atoms with Crippen LogP contribution < -0.4 is 41.1 Å². The van der Waals surface area contributed by atoms with Crippen LogP contribution in [0.25, 0.3) is 49.7 Å². The maximum Gasteiger partial charge on any atom is 0.434 e. The molecule has 9 aromatic carbocycles. The molecule has 0 radical (unpaired) electrons. The van der Waals surface area contributed by atoms with Crippen LogP contribution in [-0.4, -0.2) is 19.6 Å². The van der Waals surface area contributed by atoms with Crippen molar-refractivity contribution in [3.05, 3.63) is 218 Å². The van der Waals surface area contributed by atoms with Gasteiger partial charge in [-0.1, -0.05) is 176 Å². The van der Waals surface area contributed by atoms with E-state index in [1.807, 2.05) is 0 Å². The quantitative estimate of drug-likeness (QED) is 0.125. The molecule has 0 atom stereocenters. The van der Waals surface area contributed by atoms with Gasteiger partial charge in [0.15, 0.2) is 8.07 Å². The molecule has 0 saturated carbocycles. The van der Waals surface area contributed by atoms with Gasteiger partial charge in [0.05, 0.1) is 11.0 Å². The number of para-hydroxylation sites is 2. The second kappa shape index (κ2) is 13.4. The number of hydrogen-bond donors (Lipinski definition) is 0. The van der Waals surface area contributed by atoms with E-state index in [0.29, 0.717) is 0 Å². The minimum atomic E-state index is -2.71. The van der Waals surface area contributed by atoms with E-state index in [9.17, 15) is 0 Å². The molecule has 3 heterocycles. The zero-order chi connectivity index (χ0) is 38.9.